The molecule has 1 N–H and O–H groups in total. The molecule has 0 radical (unpaired) electrons. The third-order valence-corrected chi connectivity index (χ3v) is 1.67. The highest BCUT2D eigenvalue weighted by Crippen LogP contribution is 2.17. The number of phenolic OH excluding ortho intramolecular Hbond substituents is 1. The minimum atomic E-state index is 0.268. The highest BCUT2D eigenvalue weighted by Gasteiger charge is 1.93. The molecule has 0 saturated carbocycles. The van der Waals surface area contributed by atoms with Gasteiger partial charge in [-0.2, -0.15) is 0 Å². The van der Waals surface area contributed by atoms with Gasteiger partial charge in [-0.1, -0.05) is 43.5 Å². The summed E-state index contributed by atoms with van der Waals surface area (Å²) in [5, 5.41) is 9.05. The second kappa shape index (κ2) is 4.31. The fraction of sp³-hybridized carbons (Fsp3) is 0. The maximum absolute atomic E-state index is 9.05. The van der Waals surface area contributed by atoms with E-state index in [4.69, 9.17) is 5.11 Å². The summed E-state index contributed by atoms with van der Waals surface area (Å²) in [6.07, 6.45) is 5.40. The Morgan fingerprint density at radius 3 is 2.38 bits per heavy atom. The molecule has 1 aromatic rings. The summed E-state index contributed by atoms with van der Waals surface area (Å²) in [6, 6.07) is 6.93. The van der Waals surface area contributed by atoms with Gasteiger partial charge in [0.25, 0.3) is 0 Å². The Labute approximate surface area is 78.3 Å². The van der Waals surface area contributed by atoms with E-state index >= 15 is 0 Å². The van der Waals surface area contributed by atoms with Crippen molar-refractivity contribution in [2.24, 2.45) is 0 Å². The first kappa shape index (κ1) is 9.33. The van der Waals surface area contributed by atoms with Crippen LogP contribution in [0.3, 0.4) is 0 Å². The normalized spacial score (nSPS) is 10.2. The molecule has 0 spiro atoms. The largest absolute Gasteiger partial charge is 0.508 e. The SMILES string of the molecule is C=CC=CC(=C)c1ccc(O)cc1. The van der Waals surface area contributed by atoms with Crippen LogP contribution in [-0.2, 0) is 0 Å². The molecule has 13 heavy (non-hydrogen) atoms. The number of rotatable bonds is 3. The van der Waals surface area contributed by atoms with Crippen molar-refractivity contribution in [2.45, 2.75) is 0 Å². The van der Waals surface area contributed by atoms with Crippen molar-refractivity contribution in [3.63, 3.8) is 0 Å². The number of aromatic hydroxyl groups is 1. The lowest BCUT2D eigenvalue weighted by molar-refractivity contribution is 0.475. The van der Waals surface area contributed by atoms with Gasteiger partial charge in [0.1, 0.15) is 5.75 Å². The molecule has 0 heterocycles. The summed E-state index contributed by atoms with van der Waals surface area (Å²) in [7, 11) is 0. The number of hydrogen-bond acceptors (Lipinski definition) is 1. The van der Waals surface area contributed by atoms with Gasteiger partial charge in [0.2, 0.25) is 0 Å². The predicted molar refractivity (Wildman–Crippen MR) is 56.5 cm³/mol. The smallest absolute Gasteiger partial charge is 0.115 e. The average molecular weight is 172 g/mol. The Hall–Kier alpha value is -1.76. The van der Waals surface area contributed by atoms with E-state index in [1.165, 1.54) is 0 Å². The van der Waals surface area contributed by atoms with E-state index in [9.17, 15) is 0 Å². The molecular formula is C12H12O. The van der Waals surface area contributed by atoms with Crippen LogP contribution in [0, 0.1) is 0 Å². The lowest BCUT2D eigenvalue weighted by atomic mass is 10.1. The van der Waals surface area contributed by atoms with Gasteiger partial charge in [-0.25, -0.2) is 0 Å². The summed E-state index contributed by atoms with van der Waals surface area (Å²) in [5.74, 6) is 0.268. The molecule has 0 unspecified atom stereocenters. The van der Waals surface area contributed by atoms with Crippen LogP contribution in [-0.4, -0.2) is 5.11 Å². The molecule has 0 bridgehead atoms. The summed E-state index contributed by atoms with van der Waals surface area (Å²) < 4.78 is 0. The quantitative estimate of drug-likeness (QED) is 0.694. The van der Waals surface area contributed by atoms with Crippen LogP contribution in [0.15, 0.2) is 55.7 Å². The zero-order chi connectivity index (χ0) is 9.68. The fourth-order valence-corrected chi connectivity index (χ4v) is 0.956. The van der Waals surface area contributed by atoms with E-state index in [-0.39, 0.29) is 5.75 Å². The van der Waals surface area contributed by atoms with Gasteiger partial charge < -0.3 is 5.11 Å². The van der Waals surface area contributed by atoms with Gasteiger partial charge in [-0.15, -0.1) is 0 Å². The molecule has 0 amide bonds. The number of allylic oxidation sites excluding steroid dienone is 4. The van der Waals surface area contributed by atoms with Gasteiger partial charge in [0, 0.05) is 0 Å². The van der Waals surface area contributed by atoms with Crippen molar-refractivity contribution in [1.29, 1.82) is 0 Å². The van der Waals surface area contributed by atoms with Crippen LogP contribution >= 0.6 is 0 Å². The maximum atomic E-state index is 9.05. The Morgan fingerprint density at radius 1 is 1.23 bits per heavy atom. The minimum absolute atomic E-state index is 0.268. The van der Waals surface area contributed by atoms with Crippen molar-refractivity contribution in [2.75, 3.05) is 0 Å². The number of hydrogen-bond donors (Lipinski definition) is 1. The van der Waals surface area contributed by atoms with Crippen molar-refractivity contribution >= 4 is 5.57 Å². The molecule has 0 fully saturated rings. The fourth-order valence-electron chi connectivity index (χ4n) is 0.956. The third kappa shape index (κ3) is 2.64. The molecule has 0 aliphatic rings. The Balaban J connectivity index is 2.83. The average Bonchev–Trinajstić information content (AvgIpc) is 2.15. The Morgan fingerprint density at radius 2 is 1.85 bits per heavy atom. The second-order valence-corrected chi connectivity index (χ2v) is 2.67. The topological polar surface area (TPSA) is 20.2 Å². The van der Waals surface area contributed by atoms with Gasteiger partial charge in [0.15, 0.2) is 0 Å². The van der Waals surface area contributed by atoms with Crippen molar-refractivity contribution in [3.8, 4) is 5.75 Å². The molecule has 1 rings (SSSR count). The summed E-state index contributed by atoms with van der Waals surface area (Å²) in [6.45, 7) is 7.45. The monoisotopic (exact) mass is 172 g/mol. The molecule has 0 aromatic heterocycles. The van der Waals surface area contributed by atoms with E-state index < -0.39 is 0 Å². The second-order valence-electron chi connectivity index (χ2n) is 2.67. The van der Waals surface area contributed by atoms with Gasteiger partial charge in [-0.05, 0) is 23.3 Å². The van der Waals surface area contributed by atoms with Crippen LogP contribution in [0.5, 0.6) is 5.75 Å². The first-order valence-electron chi connectivity index (χ1n) is 4.01. The molecule has 1 aromatic carbocycles. The van der Waals surface area contributed by atoms with Crippen LogP contribution < -0.4 is 0 Å². The summed E-state index contributed by atoms with van der Waals surface area (Å²) >= 11 is 0. The van der Waals surface area contributed by atoms with E-state index in [0.717, 1.165) is 11.1 Å². The van der Waals surface area contributed by atoms with Crippen LogP contribution in [0.25, 0.3) is 5.57 Å². The lowest BCUT2D eigenvalue weighted by Gasteiger charge is -1.99. The van der Waals surface area contributed by atoms with Gasteiger partial charge >= 0.3 is 0 Å². The van der Waals surface area contributed by atoms with E-state index in [0.29, 0.717) is 0 Å². The molecule has 0 aliphatic carbocycles. The first-order valence-corrected chi connectivity index (χ1v) is 4.01. The van der Waals surface area contributed by atoms with E-state index in [1.807, 2.05) is 24.3 Å². The van der Waals surface area contributed by atoms with Crippen molar-refractivity contribution < 1.29 is 5.11 Å². The molecule has 66 valence electrons. The zero-order valence-corrected chi connectivity index (χ0v) is 7.40. The molecule has 0 saturated heterocycles. The highest BCUT2D eigenvalue weighted by atomic mass is 16.3. The zero-order valence-electron chi connectivity index (χ0n) is 7.40. The minimum Gasteiger partial charge on any atom is -0.508 e. The van der Waals surface area contributed by atoms with Gasteiger partial charge in [-0.3, -0.25) is 0 Å². The molecule has 1 nitrogen and oxygen atoms in total. The van der Waals surface area contributed by atoms with Crippen LogP contribution in [0.1, 0.15) is 5.56 Å². The molecule has 1 heteroatoms. The summed E-state index contributed by atoms with van der Waals surface area (Å²) in [4.78, 5) is 0. The Bertz CT molecular complexity index is 331. The van der Waals surface area contributed by atoms with Crippen molar-refractivity contribution in [3.05, 3.63) is 61.2 Å². The van der Waals surface area contributed by atoms with Crippen molar-refractivity contribution in [1.82, 2.24) is 0 Å². The van der Waals surface area contributed by atoms with Crippen LogP contribution in [0.4, 0.5) is 0 Å². The van der Waals surface area contributed by atoms with Gasteiger partial charge in [0.05, 0.1) is 0 Å². The van der Waals surface area contributed by atoms with E-state index in [1.54, 1.807) is 18.2 Å². The maximum Gasteiger partial charge on any atom is 0.115 e. The standard InChI is InChI=1S/C12H12O/c1-3-4-5-10(2)11-6-8-12(13)9-7-11/h3-9,13H,1-2H2. The van der Waals surface area contributed by atoms with Crippen LogP contribution in [0.2, 0.25) is 0 Å². The first-order chi connectivity index (χ1) is 6.24. The third-order valence-electron chi connectivity index (χ3n) is 1.67. The lowest BCUT2D eigenvalue weighted by Crippen LogP contribution is -1.76. The summed E-state index contributed by atoms with van der Waals surface area (Å²) in [5.41, 5.74) is 1.90. The molecular weight excluding hydrogens is 160 g/mol. The highest BCUT2D eigenvalue weighted by molar-refractivity contribution is 5.72. The number of benzene rings is 1. The van der Waals surface area contributed by atoms with E-state index in [2.05, 4.69) is 13.2 Å². The molecule has 0 atom stereocenters. The number of phenols is 1. The predicted octanol–water partition coefficient (Wildman–Crippen LogP) is 3.15. The molecule has 0 aliphatic heterocycles. The Kier molecular flexibility index (Phi) is 3.09.